The van der Waals surface area contributed by atoms with E-state index in [0.29, 0.717) is 28.1 Å². The van der Waals surface area contributed by atoms with Crippen LogP contribution >= 0.6 is 15.9 Å². The Morgan fingerprint density at radius 2 is 1.76 bits per heavy atom. The van der Waals surface area contributed by atoms with E-state index in [9.17, 15) is 4.79 Å². The molecule has 0 aliphatic carbocycles. The maximum atomic E-state index is 12.6. The summed E-state index contributed by atoms with van der Waals surface area (Å²) in [5.41, 5.74) is 5.06. The van der Waals surface area contributed by atoms with Crippen molar-refractivity contribution in [1.82, 2.24) is 5.43 Å². The molecule has 29 heavy (non-hydrogen) atoms. The summed E-state index contributed by atoms with van der Waals surface area (Å²) < 4.78 is 17.0. The monoisotopic (exact) mass is 463 g/mol. The van der Waals surface area contributed by atoms with Crippen molar-refractivity contribution in [1.29, 1.82) is 0 Å². The van der Waals surface area contributed by atoms with Crippen LogP contribution in [0.2, 0.25) is 0 Å². The summed E-state index contributed by atoms with van der Waals surface area (Å²) in [5.74, 6) is 0.854. The standard InChI is InChI=1S/C21H26BrN3O4/c1-6-29-20(15-7-9-16(10-8-15)25(2)3)21(26)24-23-13-14-11-17(27-4)19(22)18(12-14)28-5/h7-13,20H,6H2,1-5H3,(H,24,26)/b23-13+. The van der Waals surface area contributed by atoms with E-state index in [1.165, 1.54) is 6.21 Å². The summed E-state index contributed by atoms with van der Waals surface area (Å²) in [5, 5.41) is 4.06. The van der Waals surface area contributed by atoms with Crippen LogP contribution in [0.4, 0.5) is 5.69 Å². The van der Waals surface area contributed by atoms with E-state index in [1.54, 1.807) is 26.4 Å². The van der Waals surface area contributed by atoms with Gasteiger partial charge in [-0.05, 0) is 52.7 Å². The molecule has 0 radical (unpaired) electrons. The first-order valence-electron chi connectivity index (χ1n) is 9.04. The molecule has 8 heteroatoms. The molecule has 0 aliphatic rings. The van der Waals surface area contributed by atoms with E-state index < -0.39 is 6.10 Å². The molecular weight excluding hydrogens is 438 g/mol. The molecule has 7 nitrogen and oxygen atoms in total. The lowest BCUT2D eigenvalue weighted by molar-refractivity contribution is -0.132. The second-order valence-electron chi connectivity index (χ2n) is 6.30. The van der Waals surface area contributed by atoms with Crippen LogP contribution in [0.3, 0.4) is 0 Å². The fraction of sp³-hybridized carbons (Fsp3) is 0.333. The molecule has 0 fully saturated rings. The third-order valence-corrected chi connectivity index (χ3v) is 4.92. The first-order chi connectivity index (χ1) is 13.9. The minimum Gasteiger partial charge on any atom is -0.495 e. The third-order valence-electron chi connectivity index (χ3n) is 4.14. The van der Waals surface area contributed by atoms with E-state index in [-0.39, 0.29) is 5.91 Å². The van der Waals surface area contributed by atoms with Gasteiger partial charge in [-0.25, -0.2) is 5.43 Å². The van der Waals surface area contributed by atoms with Crippen LogP contribution in [-0.2, 0) is 9.53 Å². The lowest BCUT2D eigenvalue weighted by Crippen LogP contribution is -2.27. The van der Waals surface area contributed by atoms with Gasteiger partial charge in [-0.15, -0.1) is 0 Å². The van der Waals surface area contributed by atoms with Gasteiger partial charge in [0.1, 0.15) is 16.0 Å². The van der Waals surface area contributed by atoms with Gasteiger partial charge >= 0.3 is 0 Å². The minimum absolute atomic E-state index is 0.350. The molecule has 156 valence electrons. The van der Waals surface area contributed by atoms with Gasteiger partial charge in [-0.1, -0.05) is 12.1 Å². The average molecular weight is 464 g/mol. The maximum Gasteiger partial charge on any atom is 0.273 e. The van der Waals surface area contributed by atoms with Gasteiger partial charge in [0.05, 0.1) is 20.4 Å². The van der Waals surface area contributed by atoms with Crippen LogP contribution in [-0.4, -0.2) is 47.0 Å². The van der Waals surface area contributed by atoms with Crippen molar-refractivity contribution in [3.05, 3.63) is 52.0 Å². The Hall–Kier alpha value is -2.58. The Kier molecular flexibility index (Phi) is 8.48. The highest BCUT2D eigenvalue weighted by Gasteiger charge is 2.20. The summed E-state index contributed by atoms with van der Waals surface area (Å²) in [7, 11) is 7.05. The number of carbonyl (C=O) groups excluding carboxylic acids is 1. The summed E-state index contributed by atoms with van der Waals surface area (Å²) in [6.07, 6.45) is 0.774. The topological polar surface area (TPSA) is 72.4 Å². The number of carbonyl (C=O) groups is 1. The quantitative estimate of drug-likeness (QED) is 0.452. The molecule has 1 atom stereocenters. The number of hydrogen-bond donors (Lipinski definition) is 1. The molecule has 2 aromatic rings. The van der Waals surface area contributed by atoms with Gasteiger partial charge in [0.25, 0.3) is 5.91 Å². The number of amides is 1. The largest absolute Gasteiger partial charge is 0.495 e. The molecule has 0 aromatic heterocycles. The summed E-state index contributed by atoms with van der Waals surface area (Å²) in [6, 6.07) is 11.2. The molecule has 2 aromatic carbocycles. The number of nitrogens with zero attached hydrogens (tertiary/aromatic N) is 2. The smallest absolute Gasteiger partial charge is 0.273 e. The van der Waals surface area contributed by atoms with Crippen LogP contribution in [0, 0.1) is 0 Å². The van der Waals surface area contributed by atoms with Crippen LogP contribution in [0.5, 0.6) is 11.5 Å². The molecule has 0 saturated heterocycles. The second kappa shape index (κ2) is 10.8. The highest BCUT2D eigenvalue weighted by Crippen LogP contribution is 2.35. The summed E-state index contributed by atoms with van der Waals surface area (Å²) in [4.78, 5) is 14.6. The molecule has 1 N–H and O–H groups in total. The van der Waals surface area contributed by atoms with Crippen molar-refractivity contribution in [2.45, 2.75) is 13.0 Å². The van der Waals surface area contributed by atoms with Crippen LogP contribution in [0.1, 0.15) is 24.2 Å². The van der Waals surface area contributed by atoms with Gasteiger partial charge in [0.15, 0.2) is 6.10 Å². The molecule has 0 spiro atoms. The van der Waals surface area contributed by atoms with E-state index in [2.05, 4.69) is 26.5 Å². The molecular formula is C21H26BrN3O4. The number of benzene rings is 2. The normalized spacial score (nSPS) is 11.9. The molecule has 1 unspecified atom stereocenters. The fourth-order valence-electron chi connectivity index (χ4n) is 2.63. The van der Waals surface area contributed by atoms with Gasteiger partial charge < -0.3 is 19.1 Å². The van der Waals surface area contributed by atoms with Crippen molar-refractivity contribution in [3.8, 4) is 11.5 Å². The fourth-order valence-corrected chi connectivity index (χ4v) is 3.18. The highest BCUT2D eigenvalue weighted by molar-refractivity contribution is 9.10. The molecule has 0 heterocycles. The second-order valence-corrected chi connectivity index (χ2v) is 7.09. The van der Waals surface area contributed by atoms with Crippen molar-refractivity contribution in [2.75, 3.05) is 39.8 Å². The van der Waals surface area contributed by atoms with Gasteiger partial charge in [0, 0.05) is 32.0 Å². The Bertz CT molecular complexity index is 828. The lowest BCUT2D eigenvalue weighted by Gasteiger charge is -2.17. The van der Waals surface area contributed by atoms with Crippen LogP contribution in [0.25, 0.3) is 0 Å². The first-order valence-corrected chi connectivity index (χ1v) is 9.83. The zero-order chi connectivity index (χ0) is 21.4. The molecule has 0 saturated carbocycles. The Balaban J connectivity index is 2.14. The Labute approximate surface area is 179 Å². The number of rotatable bonds is 9. The predicted molar refractivity (Wildman–Crippen MR) is 118 cm³/mol. The van der Waals surface area contributed by atoms with Crippen molar-refractivity contribution in [3.63, 3.8) is 0 Å². The Morgan fingerprint density at radius 1 is 1.17 bits per heavy atom. The predicted octanol–water partition coefficient (Wildman–Crippen LogP) is 3.76. The molecule has 0 aliphatic heterocycles. The third kappa shape index (κ3) is 5.95. The van der Waals surface area contributed by atoms with E-state index in [4.69, 9.17) is 14.2 Å². The molecule has 0 bridgehead atoms. The number of hydrogen-bond acceptors (Lipinski definition) is 6. The van der Waals surface area contributed by atoms with E-state index in [0.717, 1.165) is 11.3 Å². The van der Waals surface area contributed by atoms with Gasteiger partial charge in [-0.3, -0.25) is 4.79 Å². The van der Waals surface area contributed by atoms with Crippen LogP contribution < -0.4 is 19.8 Å². The Morgan fingerprint density at radius 3 is 2.24 bits per heavy atom. The van der Waals surface area contributed by atoms with Crippen molar-refractivity contribution in [2.24, 2.45) is 5.10 Å². The zero-order valence-corrected chi connectivity index (χ0v) is 18.8. The van der Waals surface area contributed by atoms with Crippen molar-refractivity contribution < 1.29 is 19.0 Å². The average Bonchev–Trinajstić information content (AvgIpc) is 2.72. The summed E-state index contributed by atoms with van der Waals surface area (Å²) >= 11 is 3.42. The number of anilines is 1. The SMILES string of the molecule is CCOC(C(=O)N/N=C/c1cc(OC)c(Br)c(OC)c1)c1ccc(N(C)C)cc1. The van der Waals surface area contributed by atoms with Crippen LogP contribution in [0.15, 0.2) is 46.0 Å². The van der Waals surface area contributed by atoms with E-state index >= 15 is 0 Å². The number of methoxy groups -OCH3 is 2. The van der Waals surface area contributed by atoms with Crippen molar-refractivity contribution >= 4 is 33.7 Å². The number of ether oxygens (including phenoxy) is 3. The van der Waals surface area contributed by atoms with Gasteiger partial charge in [0.2, 0.25) is 0 Å². The minimum atomic E-state index is -0.748. The van der Waals surface area contributed by atoms with Gasteiger partial charge in [-0.2, -0.15) is 5.10 Å². The number of hydrazone groups is 1. The summed E-state index contributed by atoms with van der Waals surface area (Å²) in [6.45, 7) is 2.25. The number of halogens is 1. The zero-order valence-electron chi connectivity index (χ0n) is 17.2. The maximum absolute atomic E-state index is 12.6. The van der Waals surface area contributed by atoms with E-state index in [1.807, 2.05) is 50.2 Å². The lowest BCUT2D eigenvalue weighted by atomic mass is 10.1. The highest BCUT2D eigenvalue weighted by atomic mass is 79.9. The first kappa shape index (κ1) is 22.7. The molecule has 1 amide bonds. The molecule has 2 rings (SSSR count). The number of nitrogens with one attached hydrogen (secondary N) is 1.